The number of halogens is 1. The summed E-state index contributed by atoms with van der Waals surface area (Å²) < 4.78 is 23.8. The van der Waals surface area contributed by atoms with E-state index in [1.165, 1.54) is 12.1 Å². The van der Waals surface area contributed by atoms with E-state index in [1.54, 1.807) is 49.6 Å². The number of methoxy groups -OCH3 is 1. The molecule has 1 aliphatic heterocycles. The van der Waals surface area contributed by atoms with Crippen molar-refractivity contribution in [2.75, 3.05) is 7.11 Å². The van der Waals surface area contributed by atoms with Gasteiger partial charge in [-0.05, 0) is 36.4 Å². The third-order valence-electron chi connectivity index (χ3n) is 3.15. The van der Waals surface area contributed by atoms with Gasteiger partial charge in [0.1, 0.15) is 11.6 Å². The lowest BCUT2D eigenvalue weighted by Crippen LogP contribution is -2.05. The van der Waals surface area contributed by atoms with E-state index in [2.05, 4.69) is 4.99 Å². The van der Waals surface area contributed by atoms with Gasteiger partial charge in [0.2, 0.25) is 5.90 Å². The zero-order valence-corrected chi connectivity index (χ0v) is 11.7. The van der Waals surface area contributed by atoms with Gasteiger partial charge in [0.15, 0.2) is 5.70 Å². The predicted molar refractivity (Wildman–Crippen MR) is 80.0 cm³/mol. The van der Waals surface area contributed by atoms with E-state index in [-0.39, 0.29) is 17.2 Å². The van der Waals surface area contributed by atoms with Crippen LogP contribution < -0.4 is 4.74 Å². The molecule has 4 nitrogen and oxygen atoms in total. The van der Waals surface area contributed by atoms with Crippen molar-refractivity contribution in [3.63, 3.8) is 0 Å². The normalized spacial score (nSPS) is 15.6. The van der Waals surface area contributed by atoms with Crippen molar-refractivity contribution in [3.8, 4) is 5.75 Å². The Labute approximate surface area is 126 Å². The number of esters is 1. The van der Waals surface area contributed by atoms with Crippen molar-refractivity contribution in [2.45, 2.75) is 0 Å². The van der Waals surface area contributed by atoms with Crippen LogP contribution in [0.5, 0.6) is 5.75 Å². The van der Waals surface area contributed by atoms with Crippen LogP contribution >= 0.6 is 0 Å². The molecular formula is C17H12FNO3. The first-order valence-corrected chi connectivity index (χ1v) is 6.59. The fourth-order valence-electron chi connectivity index (χ4n) is 2.01. The topological polar surface area (TPSA) is 47.9 Å². The van der Waals surface area contributed by atoms with Gasteiger partial charge >= 0.3 is 5.97 Å². The van der Waals surface area contributed by atoms with Crippen molar-refractivity contribution in [2.24, 2.45) is 4.99 Å². The fraction of sp³-hybridized carbons (Fsp3) is 0.0588. The van der Waals surface area contributed by atoms with Crippen molar-refractivity contribution in [1.29, 1.82) is 0 Å². The maximum absolute atomic E-state index is 13.6. The van der Waals surface area contributed by atoms with Gasteiger partial charge in [-0.2, -0.15) is 0 Å². The average Bonchev–Trinajstić information content (AvgIpc) is 2.91. The van der Waals surface area contributed by atoms with Gasteiger partial charge in [0.25, 0.3) is 0 Å². The molecular weight excluding hydrogens is 285 g/mol. The first-order chi connectivity index (χ1) is 10.7. The summed E-state index contributed by atoms with van der Waals surface area (Å²) in [5.74, 6) is -0.143. The number of hydrogen-bond acceptors (Lipinski definition) is 4. The number of carbonyl (C=O) groups excluding carboxylic acids is 1. The van der Waals surface area contributed by atoms with E-state index in [0.717, 1.165) is 0 Å². The predicted octanol–water partition coefficient (Wildman–Crippen LogP) is 3.18. The van der Waals surface area contributed by atoms with Crippen LogP contribution in [0.1, 0.15) is 11.1 Å². The number of ether oxygens (including phenoxy) is 2. The summed E-state index contributed by atoms with van der Waals surface area (Å²) in [5, 5.41) is 0. The van der Waals surface area contributed by atoms with Crippen LogP contribution in [0, 0.1) is 5.82 Å². The SMILES string of the molecule is COc1ccc(C2=NC(=Cc3ccccc3F)C(=O)O2)cc1. The molecule has 0 amide bonds. The summed E-state index contributed by atoms with van der Waals surface area (Å²) in [6.45, 7) is 0. The van der Waals surface area contributed by atoms with Gasteiger partial charge in [0, 0.05) is 11.1 Å². The second-order valence-electron chi connectivity index (χ2n) is 4.59. The standard InChI is InChI=1S/C17H12FNO3/c1-21-13-8-6-11(7-9-13)16-19-15(17(20)22-16)10-12-4-2-3-5-14(12)18/h2-10H,1H3. The molecule has 0 unspecified atom stereocenters. The monoisotopic (exact) mass is 297 g/mol. The van der Waals surface area contributed by atoms with E-state index in [0.29, 0.717) is 11.3 Å². The summed E-state index contributed by atoms with van der Waals surface area (Å²) in [6, 6.07) is 13.1. The molecule has 2 aromatic carbocycles. The second kappa shape index (κ2) is 5.81. The van der Waals surface area contributed by atoms with Crippen LogP contribution in [0.4, 0.5) is 4.39 Å². The van der Waals surface area contributed by atoms with Gasteiger partial charge in [-0.3, -0.25) is 0 Å². The molecule has 0 N–H and O–H groups in total. The van der Waals surface area contributed by atoms with Crippen molar-refractivity contribution in [1.82, 2.24) is 0 Å². The quantitative estimate of drug-likeness (QED) is 0.646. The first kappa shape index (κ1) is 14.0. The van der Waals surface area contributed by atoms with Crippen molar-refractivity contribution >= 4 is 17.9 Å². The molecule has 1 aliphatic rings. The molecule has 1 heterocycles. The number of nitrogens with zero attached hydrogens (tertiary/aromatic N) is 1. The first-order valence-electron chi connectivity index (χ1n) is 6.59. The van der Waals surface area contributed by atoms with Crippen LogP contribution in [0.25, 0.3) is 6.08 Å². The summed E-state index contributed by atoms with van der Waals surface area (Å²) in [6.07, 6.45) is 1.37. The Kier molecular flexibility index (Phi) is 3.70. The maximum Gasteiger partial charge on any atom is 0.363 e. The third-order valence-corrected chi connectivity index (χ3v) is 3.15. The molecule has 0 bridgehead atoms. The zero-order valence-electron chi connectivity index (χ0n) is 11.7. The highest BCUT2D eigenvalue weighted by molar-refractivity contribution is 6.12. The highest BCUT2D eigenvalue weighted by Crippen LogP contribution is 2.21. The summed E-state index contributed by atoms with van der Waals surface area (Å²) in [7, 11) is 1.57. The number of aliphatic imine (C=N–C) groups is 1. The Hall–Kier alpha value is -2.95. The largest absolute Gasteiger partial charge is 0.497 e. The molecule has 0 aromatic heterocycles. The summed E-state index contributed by atoms with van der Waals surface area (Å²) in [5.41, 5.74) is 0.996. The lowest BCUT2D eigenvalue weighted by molar-refractivity contribution is -0.129. The van der Waals surface area contributed by atoms with Crippen LogP contribution in [0.3, 0.4) is 0 Å². The van der Waals surface area contributed by atoms with Gasteiger partial charge in [0.05, 0.1) is 7.11 Å². The minimum Gasteiger partial charge on any atom is -0.497 e. The smallest absolute Gasteiger partial charge is 0.363 e. The molecule has 0 saturated carbocycles. The van der Waals surface area contributed by atoms with Gasteiger partial charge in [-0.15, -0.1) is 0 Å². The highest BCUT2D eigenvalue weighted by Gasteiger charge is 2.24. The number of hydrogen-bond donors (Lipinski definition) is 0. The van der Waals surface area contributed by atoms with Gasteiger partial charge < -0.3 is 9.47 Å². The number of cyclic esters (lactones) is 1. The van der Waals surface area contributed by atoms with E-state index < -0.39 is 11.8 Å². The van der Waals surface area contributed by atoms with E-state index in [1.807, 2.05) is 0 Å². The van der Waals surface area contributed by atoms with Crippen LogP contribution in [0.2, 0.25) is 0 Å². The van der Waals surface area contributed by atoms with Crippen molar-refractivity contribution in [3.05, 3.63) is 71.2 Å². The lowest BCUT2D eigenvalue weighted by atomic mass is 10.2. The minimum atomic E-state index is -0.603. The second-order valence-corrected chi connectivity index (χ2v) is 4.59. The molecule has 0 saturated heterocycles. The minimum absolute atomic E-state index is 0.0657. The molecule has 22 heavy (non-hydrogen) atoms. The zero-order chi connectivity index (χ0) is 15.5. The number of carbonyl (C=O) groups is 1. The molecule has 0 spiro atoms. The fourth-order valence-corrected chi connectivity index (χ4v) is 2.01. The van der Waals surface area contributed by atoms with Crippen LogP contribution in [-0.4, -0.2) is 19.0 Å². The summed E-state index contributed by atoms with van der Waals surface area (Å²) in [4.78, 5) is 16.0. The van der Waals surface area contributed by atoms with E-state index >= 15 is 0 Å². The Morgan fingerprint density at radius 2 is 1.86 bits per heavy atom. The van der Waals surface area contributed by atoms with Gasteiger partial charge in [-0.1, -0.05) is 18.2 Å². The Bertz CT molecular complexity index is 779. The average molecular weight is 297 g/mol. The highest BCUT2D eigenvalue weighted by atomic mass is 19.1. The molecule has 0 fully saturated rings. The van der Waals surface area contributed by atoms with E-state index in [4.69, 9.17) is 9.47 Å². The molecule has 5 heteroatoms. The van der Waals surface area contributed by atoms with Crippen molar-refractivity contribution < 1.29 is 18.7 Å². The number of rotatable bonds is 3. The third kappa shape index (κ3) is 2.74. The Morgan fingerprint density at radius 1 is 1.14 bits per heavy atom. The van der Waals surface area contributed by atoms with Crippen LogP contribution in [0.15, 0.2) is 59.2 Å². The molecule has 0 radical (unpaired) electrons. The molecule has 0 atom stereocenters. The molecule has 2 aromatic rings. The molecule has 0 aliphatic carbocycles. The van der Waals surface area contributed by atoms with Crippen LogP contribution in [-0.2, 0) is 9.53 Å². The lowest BCUT2D eigenvalue weighted by Gasteiger charge is -2.01. The Morgan fingerprint density at radius 3 is 2.55 bits per heavy atom. The maximum atomic E-state index is 13.6. The molecule has 3 rings (SSSR count). The summed E-state index contributed by atoms with van der Waals surface area (Å²) >= 11 is 0. The Balaban J connectivity index is 1.92. The van der Waals surface area contributed by atoms with E-state index in [9.17, 15) is 9.18 Å². The molecule has 110 valence electrons. The number of benzene rings is 2. The van der Waals surface area contributed by atoms with Gasteiger partial charge in [-0.25, -0.2) is 14.2 Å².